The van der Waals surface area contributed by atoms with E-state index in [0.29, 0.717) is 6.42 Å². The average molecular weight is 273 g/mol. The molecule has 0 saturated carbocycles. The summed E-state index contributed by atoms with van der Waals surface area (Å²) in [6.45, 7) is 6.00. The molecule has 6 N–H and O–H groups in total. The van der Waals surface area contributed by atoms with E-state index in [1.807, 2.05) is 20.8 Å². The van der Waals surface area contributed by atoms with Gasteiger partial charge in [-0.1, -0.05) is 20.8 Å². The van der Waals surface area contributed by atoms with Crippen LogP contribution in [0.15, 0.2) is 0 Å². The number of amides is 2. The van der Waals surface area contributed by atoms with Gasteiger partial charge in [0.05, 0.1) is 12.3 Å². The summed E-state index contributed by atoms with van der Waals surface area (Å²) in [5.74, 6) is -3.03. The summed E-state index contributed by atoms with van der Waals surface area (Å²) in [7, 11) is 0. The maximum Gasteiger partial charge on any atom is 0.326 e. The Hall–Kier alpha value is -1.63. The lowest BCUT2D eigenvalue weighted by Crippen LogP contribution is -2.47. The SMILES string of the molecule is CC(C)(C)CC(CN)C(=O)N[C@@H](CC(N)=O)C(=O)O. The highest BCUT2D eigenvalue weighted by atomic mass is 16.4. The number of nitrogens with two attached hydrogens (primary N) is 2. The number of nitrogens with one attached hydrogen (secondary N) is 1. The smallest absolute Gasteiger partial charge is 0.326 e. The summed E-state index contributed by atoms with van der Waals surface area (Å²) >= 11 is 0. The third-order valence-electron chi connectivity index (χ3n) is 2.53. The van der Waals surface area contributed by atoms with Crippen molar-refractivity contribution in [2.45, 2.75) is 39.7 Å². The van der Waals surface area contributed by atoms with Gasteiger partial charge in [-0.15, -0.1) is 0 Å². The Balaban J connectivity index is 4.68. The van der Waals surface area contributed by atoms with Crippen molar-refractivity contribution in [2.75, 3.05) is 6.54 Å². The van der Waals surface area contributed by atoms with E-state index < -0.39 is 36.2 Å². The third-order valence-corrected chi connectivity index (χ3v) is 2.53. The molecule has 0 radical (unpaired) electrons. The molecule has 2 atom stereocenters. The number of carbonyl (C=O) groups excluding carboxylic acids is 2. The van der Waals surface area contributed by atoms with Crippen LogP contribution in [0.3, 0.4) is 0 Å². The van der Waals surface area contributed by atoms with Gasteiger partial charge in [0.15, 0.2) is 0 Å². The molecule has 19 heavy (non-hydrogen) atoms. The fourth-order valence-electron chi connectivity index (χ4n) is 1.71. The van der Waals surface area contributed by atoms with Crippen LogP contribution in [0.5, 0.6) is 0 Å². The van der Waals surface area contributed by atoms with Crippen molar-refractivity contribution < 1.29 is 19.5 Å². The first-order valence-electron chi connectivity index (χ1n) is 6.08. The molecule has 0 rings (SSSR count). The van der Waals surface area contributed by atoms with Crippen LogP contribution in [0.25, 0.3) is 0 Å². The van der Waals surface area contributed by atoms with Crippen molar-refractivity contribution in [1.82, 2.24) is 5.32 Å². The van der Waals surface area contributed by atoms with Crippen LogP contribution in [-0.4, -0.2) is 35.5 Å². The van der Waals surface area contributed by atoms with Crippen molar-refractivity contribution in [2.24, 2.45) is 22.8 Å². The zero-order valence-electron chi connectivity index (χ0n) is 11.6. The minimum atomic E-state index is -1.31. The molecule has 0 heterocycles. The van der Waals surface area contributed by atoms with E-state index in [0.717, 1.165) is 0 Å². The van der Waals surface area contributed by atoms with E-state index in [4.69, 9.17) is 16.6 Å². The maximum atomic E-state index is 11.9. The summed E-state index contributed by atoms with van der Waals surface area (Å²) in [5.41, 5.74) is 10.4. The van der Waals surface area contributed by atoms with Gasteiger partial charge in [-0.2, -0.15) is 0 Å². The second-order valence-electron chi connectivity index (χ2n) is 5.77. The second-order valence-corrected chi connectivity index (χ2v) is 5.77. The predicted molar refractivity (Wildman–Crippen MR) is 70.0 cm³/mol. The van der Waals surface area contributed by atoms with Crippen LogP contribution in [0.4, 0.5) is 0 Å². The molecule has 0 saturated heterocycles. The molecule has 0 aliphatic carbocycles. The van der Waals surface area contributed by atoms with Crippen molar-refractivity contribution in [3.63, 3.8) is 0 Å². The fourth-order valence-corrected chi connectivity index (χ4v) is 1.71. The van der Waals surface area contributed by atoms with Crippen molar-refractivity contribution >= 4 is 17.8 Å². The first-order valence-corrected chi connectivity index (χ1v) is 6.08. The molecule has 2 amide bonds. The molecule has 0 aliphatic heterocycles. The zero-order chi connectivity index (χ0) is 15.2. The van der Waals surface area contributed by atoms with Crippen molar-refractivity contribution in [1.29, 1.82) is 0 Å². The van der Waals surface area contributed by atoms with Gasteiger partial charge in [0, 0.05) is 6.54 Å². The Labute approximate surface area is 112 Å². The normalized spacial score (nSPS) is 14.5. The highest BCUT2D eigenvalue weighted by Crippen LogP contribution is 2.24. The molecule has 7 heteroatoms. The van der Waals surface area contributed by atoms with Gasteiger partial charge in [-0.05, 0) is 11.8 Å². The zero-order valence-corrected chi connectivity index (χ0v) is 11.6. The Morgan fingerprint density at radius 3 is 2.11 bits per heavy atom. The van der Waals surface area contributed by atoms with Crippen LogP contribution < -0.4 is 16.8 Å². The molecule has 0 aromatic rings. The van der Waals surface area contributed by atoms with Crippen LogP contribution in [0, 0.1) is 11.3 Å². The molecule has 1 unspecified atom stereocenters. The van der Waals surface area contributed by atoms with Gasteiger partial charge in [0.1, 0.15) is 6.04 Å². The van der Waals surface area contributed by atoms with E-state index in [-0.39, 0.29) is 12.0 Å². The molecule has 0 spiro atoms. The first kappa shape index (κ1) is 17.4. The summed E-state index contributed by atoms with van der Waals surface area (Å²) in [6.07, 6.45) is 0.0894. The van der Waals surface area contributed by atoms with E-state index >= 15 is 0 Å². The van der Waals surface area contributed by atoms with Gasteiger partial charge >= 0.3 is 5.97 Å². The molecule has 0 aliphatic rings. The quantitative estimate of drug-likeness (QED) is 0.493. The minimum absolute atomic E-state index is 0.107. The van der Waals surface area contributed by atoms with Crippen LogP contribution in [0.2, 0.25) is 0 Å². The van der Waals surface area contributed by atoms with Gasteiger partial charge < -0.3 is 21.9 Å². The Bertz CT molecular complexity index is 349. The fraction of sp³-hybridized carbons (Fsp3) is 0.750. The first-order chi connectivity index (χ1) is 8.56. The summed E-state index contributed by atoms with van der Waals surface area (Å²) in [5, 5.41) is 11.2. The number of aliphatic carboxylic acids is 1. The third kappa shape index (κ3) is 7.40. The number of rotatable bonds is 7. The molecule has 0 aromatic heterocycles. The number of primary amides is 1. The van der Waals surface area contributed by atoms with Crippen molar-refractivity contribution in [3.05, 3.63) is 0 Å². The highest BCUT2D eigenvalue weighted by Gasteiger charge is 2.28. The highest BCUT2D eigenvalue weighted by molar-refractivity contribution is 5.88. The second kappa shape index (κ2) is 7.08. The lowest BCUT2D eigenvalue weighted by molar-refractivity contribution is -0.144. The number of carboxylic acid groups (broad SMARTS) is 1. The Morgan fingerprint density at radius 1 is 1.26 bits per heavy atom. The summed E-state index contributed by atoms with van der Waals surface area (Å²) in [6, 6.07) is -1.31. The van der Waals surface area contributed by atoms with E-state index in [2.05, 4.69) is 5.32 Å². The largest absolute Gasteiger partial charge is 0.480 e. The van der Waals surface area contributed by atoms with Gasteiger partial charge in [-0.3, -0.25) is 9.59 Å². The van der Waals surface area contributed by atoms with Gasteiger partial charge in [0.25, 0.3) is 0 Å². The Kier molecular flexibility index (Phi) is 6.47. The molecule has 0 bridgehead atoms. The molecule has 0 fully saturated rings. The van der Waals surface area contributed by atoms with Crippen LogP contribution in [0.1, 0.15) is 33.6 Å². The minimum Gasteiger partial charge on any atom is -0.480 e. The van der Waals surface area contributed by atoms with Gasteiger partial charge in [0.2, 0.25) is 11.8 Å². The van der Waals surface area contributed by atoms with Crippen molar-refractivity contribution in [3.8, 4) is 0 Å². The summed E-state index contributed by atoms with van der Waals surface area (Å²) in [4.78, 5) is 33.6. The monoisotopic (exact) mass is 273 g/mol. The molecular formula is C12H23N3O4. The average Bonchev–Trinajstić information content (AvgIpc) is 2.22. The van der Waals surface area contributed by atoms with E-state index in [1.165, 1.54) is 0 Å². The van der Waals surface area contributed by atoms with E-state index in [1.54, 1.807) is 0 Å². The number of carbonyl (C=O) groups is 3. The predicted octanol–water partition coefficient (Wildman–Crippen LogP) is -0.558. The molecular weight excluding hydrogens is 250 g/mol. The van der Waals surface area contributed by atoms with Gasteiger partial charge in [-0.25, -0.2) is 4.79 Å². The van der Waals surface area contributed by atoms with Crippen LogP contribution >= 0.6 is 0 Å². The molecule has 7 nitrogen and oxygen atoms in total. The summed E-state index contributed by atoms with van der Waals surface area (Å²) < 4.78 is 0. The lowest BCUT2D eigenvalue weighted by Gasteiger charge is -2.25. The number of carboxylic acids is 1. The lowest BCUT2D eigenvalue weighted by atomic mass is 9.84. The molecule has 0 aromatic carbocycles. The van der Waals surface area contributed by atoms with Crippen LogP contribution in [-0.2, 0) is 14.4 Å². The topological polar surface area (TPSA) is 136 Å². The molecule has 110 valence electrons. The number of hydrogen-bond acceptors (Lipinski definition) is 4. The van der Waals surface area contributed by atoms with E-state index in [9.17, 15) is 14.4 Å². The maximum absolute atomic E-state index is 11.9. The number of hydrogen-bond donors (Lipinski definition) is 4. The Morgan fingerprint density at radius 2 is 1.79 bits per heavy atom. The standard InChI is InChI=1S/C12H23N3O4/c1-12(2,3)5-7(6-13)10(17)15-8(11(18)19)4-9(14)16/h7-8H,4-6,13H2,1-3H3,(H2,14,16)(H,15,17)(H,18,19)/t7?,8-/m0/s1.